The molecule has 1 aromatic carbocycles. The van der Waals surface area contributed by atoms with Gasteiger partial charge in [0.05, 0.1) is 23.3 Å². The lowest BCUT2D eigenvalue weighted by Crippen LogP contribution is -2.33. The Morgan fingerprint density at radius 2 is 2.09 bits per heavy atom. The maximum absolute atomic E-state index is 6.19. The number of nitrogens with zero attached hydrogens (tertiary/aromatic N) is 2. The number of aliphatic imine (C=N–C) groups is 1. The second kappa shape index (κ2) is 9.05. The van der Waals surface area contributed by atoms with Crippen LogP contribution in [0.5, 0.6) is 0 Å². The Morgan fingerprint density at radius 3 is 2.65 bits per heavy atom. The molecule has 0 bridgehead atoms. The summed E-state index contributed by atoms with van der Waals surface area (Å²) in [5.74, 6) is 0.379. The predicted molar refractivity (Wildman–Crippen MR) is 110 cm³/mol. The molecule has 2 aromatic rings. The highest BCUT2D eigenvalue weighted by molar-refractivity contribution is 14.0. The summed E-state index contributed by atoms with van der Waals surface area (Å²) in [5.41, 5.74) is 7.88. The third-order valence-electron chi connectivity index (χ3n) is 3.19. The van der Waals surface area contributed by atoms with Crippen LogP contribution in [0.4, 0.5) is 0 Å². The lowest BCUT2D eigenvalue weighted by molar-refractivity contribution is 0.708. The molecule has 0 aliphatic heterocycles. The minimum Gasteiger partial charge on any atom is -0.370 e. The fraction of sp³-hybridized carbons (Fsp3) is 0.333. The molecule has 0 amide bonds. The second-order valence-corrected chi connectivity index (χ2v) is 7.11. The summed E-state index contributed by atoms with van der Waals surface area (Å²) in [5, 5.41) is 5.39. The highest BCUT2D eigenvalue weighted by Crippen LogP contribution is 2.26. The van der Waals surface area contributed by atoms with Crippen molar-refractivity contribution in [3.05, 3.63) is 49.4 Å². The fourth-order valence-electron chi connectivity index (χ4n) is 2.08. The van der Waals surface area contributed by atoms with E-state index in [0.29, 0.717) is 22.5 Å². The van der Waals surface area contributed by atoms with Gasteiger partial charge >= 0.3 is 0 Å². The quantitative estimate of drug-likeness (QED) is 0.370. The predicted octanol–water partition coefficient (Wildman–Crippen LogP) is 4.85. The highest BCUT2D eigenvalue weighted by Gasteiger charge is 2.11. The summed E-state index contributed by atoms with van der Waals surface area (Å²) in [4.78, 5) is 9.87. The van der Waals surface area contributed by atoms with Crippen molar-refractivity contribution < 1.29 is 0 Å². The lowest BCUT2D eigenvalue weighted by Gasteiger charge is -2.16. The average Bonchev–Trinajstić information content (AvgIpc) is 2.74. The van der Waals surface area contributed by atoms with Crippen LogP contribution in [0.15, 0.2) is 23.2 Å². The SMILES string of the molecule is Cc1nc(C)c(CN=C(N)NC(C)c2ccc(Cl)cc2Cl)s1.I. The van der Waals surface area contributed by atoms with Gasteiger partial charge in [0.25, 0.3) is 0 Å². The molecule has 1 aromatic heterocycles. The van der Waals surface area contributed by atoms with Gasteiger partial charge in [-0.05, 0) is 38.5 Å². The van der Waals surface area contributed by atoms with Gasteiger partial charge in [-0.2, -0.15) is 0 Å². The number of thiazole rings is 1. The monoisotopic (exact) mass is 484 g/mol. The van der Waals surface area contributed by atoms with Crippen molar-refractivity contribution in [2.45, 2.75) is 33.4 Å². The van der Waals surface area contributed by atoms with Crippen molar-refractivity contribution in [1.29, 1.82) is 0 Å². The minimum atomic E-state index is -0.0576. The smallest absolute Gasteiger partial charge is 0.189 e. The van der Waals surface area contributed by atoms with Crippen LogP contribution < -0.4 is 11.1 Å². The molecule has 1 unspecified atom stereocenters. The van der Waals surface area contributed by atoms with Gasteiger partial charge in [-0.15, -0.1) is 35.3 Å². The number of aromatic nitrogens is 1. The molecule has 2 rings (SSSR count). The standard InChI is InChI=1S/C15H18Cl2N4S.HI/c1-8(12-5-4-11(16)6-13(12)17)21-15(18)19-7-14-9(2)20-10(3)22-14;/h4-6,8H,7H2,1-3H3,(H3,18,19,21);1H. The number of aryl methyl sites for hydroxylation is 2. The Bertz CT molecular complexity index is 703. The molecule has 1 atom stereocenters. The normalized spacial score (nSPS) is 12.7. The first-order valence-electron chi connectivity index (χ1n) is 6.81. The van der Waals surface area contributed by atoms with E-state index in [2.05, 4.69) is 15.3 Å². The van der Waals surface area contributed by atoms with Gasteiger partial charge < -0.3 is 11.1 Å². The first kappa shape index (κ1) is 20.5. The first-order valence-corrected chi connectivity index (χ1v) is 8.38. The van der Waals surface area contributed by atoms with Crippen LogP contribution in [0.1, 0.15) is 34.1 Å². The van der Waals surface area contributed by atoms with Crippen molar-refractivity contribution in [1.82, 2.24) is 10.3 Å². The van der Waals surface area contributed by atoms with Gasteiger partial charge in [0.15, 0.2) is 5.96 Å². The summed E-state index contributed by atoms with van der Waals surface area (Å²) in [6.07, 6.45) is 0. The summed E-state index contributed by atoms with van der Waals surface area (Å²) >= 11 is 13.7. The minimum absolute atomic E-state index is 0. The summed E-state index contributed by atoms with van der Waals surface area (Å²) in [6, 6.07) is 5.34. The molecule has 3 N–H and O–H groups in total. The molecular weight excluding hydrogens is 466 g/mol. The Hall–Kier alpha value is -0.570. The molecule has 0 saturated heterocycles. The van der Waals surface area contributed by atoms with Crippen LogP contribution in [0.3, 0.4) is 0 Å². The summed E-state index contributed by atoms with van der Waals surface area (Å²) in [7, 11) is 0. The molecule has 23 heavy (non-hydrogen) atoms. The maximum atomic E-state index is 6.19. The maximum Gasteiger partial charge on any atom is 0.189 e. The van der Waals surface area contributed by atoms with Crippen molar-refractivity contribution in [2.75, 3.05) is 0 Å². The van der Waals surface area contributed by atoms with Gasteiger partial charge in [0, 0.05) is 14.9 Å². The van der Waals surface area contributed by atoms with Crippen LogP contribution in [0, 0.1) is 13.8 Å². The number of rotatable bonds is 4. The van der Waals surface area contributed by atoms with E-state index in [-0.39, 0.29) is 30.0 Å². The molecule has 0 spiro atoms. The van der Waals surface area contributed by atoms with Crippen molar-refractivity contribution in [2.24, 2.45) is 10.7 Å². The van der Waals surface area contributed by atoms with Gasteiger partial charge in [0.2, 0.25) is 0 Å². The van der Waals surface area contributed by atoms with Crippen molar-refractivity contribution in [3.8, 4) is 0 Å². The highest BCUT2D eigenvalue weighted by atomic mass is 127. The number of nitrogens with two attached hydrogens (primary N) is 1. The second-order valence-electron chi connectivity index (χ2n) is 4.97. The Kier molecular flexibility index (Phi) is 8.06. The zero-order chi connectivity index (χ0) is 16.3. The van der Waals surface area contributed by atoms with Crippen LogP contribution in [-0.4, -0.2) is 10.9 Å². The zero-order valence-electron chi connectivity index (χ0n) is 13.1. The molecule has 0 fully saturated rings. The largest absolute Gasteiger partial charge is 0.370 e. The van der Waals surface area contributed by atoms with E-state index in [1.54, 1.807) is 23.5 Å². The van der Waals surface area contributed by atoms with Crippen molar-refractivity contribution in [3.63, 3.8) is 0 Å². The molecule has 126 valence electrons. The van der Waals surface area contributed by atoms with E-state index in [1.165, 1.54) is 0 Å². The van der Waals surface area contributed by atoms with Crippen molar-refractivity contribution >= 4 is 64.5 Å². The first-order chi connectivity index (χ1) is 10.4. The summed E-state index contributed by atoms with van der Waals surface area (Å²) < 4.78 is 0. The molecule has 8 heteroatoms. The van der Waals surface area contributed by atoms with E-state index in [1.807, 2.05) is 26.8 Å². The molecule has 0 radical (unpaired) electrons. The number of nitrogens with one attached hydrogen (secondary N) is 1. The van der Waals surface area contributed by atoms with Gasteiger partial charge in [-0.25, -0.2) is 9.98 Å². The van der Waals surface area contributed by atoms with Crippen LogP contribution in [-0.2, 0) is 6.54 Å². The van der Waals surface area contributed by atoms with Gasteiger partial charge in [-0.1, -0.05) is 29.3 Å². The fourth-order valence-corrected chi connectivity index (χ4v) is 3.51. The third-order valence-corrected chi connectivity index (χ3v) is 4.81. The average molecular weight is 485 g/mol. The van der Waals surface area contributed by atoms with E-state index in [9.17, 15) is 0 Å². The molecule has 0 aliphatic carbocycles. The summed E-state index contributed by atoms with van der Waals surface area (Å²) in [6.45, 7) is 6.46. The molecule has 4 nitrogen and oxygen atoms in total. The Morgan fingerprint density at radius 1 is 1.39 bits per heavy atom. The Balaban J connectivity index is 0.00000264. The van der Waals surface area contributed by atoms with Crippen LogP contribution >= 0.6 is 58.5 Å². The number of guanidine groups is 1. The topological polar surface area (TPSA) is 63.3 Å². The van der Waals surface area contributed by atoms with E-state index in [4.69, 9.17) is 28.9 Å². The number of halogens is 3. The van der Waals surface area contributed by atoms with Crippen LogP contribution in [0.2, 0.25) is 10.0 Å². The number of hydrogen-bond donors (Lipinski definition) is 2. The van der Waals surface area contributed by atoms with E-state index >= 15 is 0 Å². The number of benzene rings is 1. The zero-order valence-corrected chi connectivity index (χ0v) is 17.7. The molecule has 1 heterocycles. The Labute approximate surface area is 167 Å². The van der Waals surface area contributed by atoms with E-state index < -0.39 is 0 Å². The molecular formula is C15H19Cl2IN4S. The number of hydrogen-bond acceptors (Lipinski definition) is 3. The van der Waals surface area contributed by atoms with E-state index in [0.717, 1.165) is 21.1 Å². The lowest BCUT2D eigenvalue weighted by atomic mass is 10.1. The van der Waals surface area contributed by atoms with Gasteiger partial charge in [-0.3, -0.25) is 0 Å². The van der Waals surface area contributed by atoms with Crippen LogP contribution in [0.25, 0.3) is 0 Å². The molecule has 0 aliphatic rings. The molecule has 0 saturated carbocycles. The van der Waals surface area contributed by atoms with Gasteiger partial charge in [0.1, 0.15) is 0 Å². The third kappa shape index (κ3) is 5.77.